The van der Waals surface area contributed by atoms with Crippen molar-refractivity contribution in [3.8, 4) is 45.4 Å². The van der Waals surface area contributed by atoms with Crippen LogP contribution in [-0.2, 0) is 22.6 Å². The highest BCUT2D eigenvalue weighted by Gasteiger charge is 2.23. The van der Waals surface area contributed by atoms with Crippen molar-refractivity contribution in [2.45, 2.75) is 63.6 Å². The molecule has 2 amide bonds. The van der Waals surface area contributed by atoms with Crippen molar-refractivity contribution in [2.24, 2.45) is 0 Å². The Morgan fingerprint density at radius 1 is 0.796 bits per heavy atom. The number of pyridine rings is 2. The Kier molecular flexibility index (Phi) is 11.0. The lowest BCUT2D eigenvalue weighted by Crippen LogP contribution is -2.35. The Morgan fingerprint density at radius 2 is 1.39 bits per heavy atom. The number of nitrogens with zero attached hydrogens (tertiary/aromatic N) is 2. The molecule has 12 heteroatoms. The molecule has 2 aliphatic rings. The molecule has 0 aliphatic carbocycles. The van der Waals surface area contributed by atoms with Gasteiger partial charge in [-0.1, -0.05) is 53.5 Å². The number of carbonyl (C=O) groups excluding carboxylic acids is 2. The van der Waals surface area contributed by atoms with Crippen LogP contribution in [0.5, 0.6) is 11.8 Å². The van der Waals surface area contributed by atoms with E-state index in [4.69, 9.17) is 42.6 Å². The fourth-order valence-corrected chi connectivity index (χ4v) is 7.10. The summed E-state index contributed by atoms with van der Waals surface area (Å²) in [7, 11) is 3.12. The quantitative estimate of drug-likeness (QED) is 0.139. The molecular formula is C37H38Cl2FN5O4. The number of hydrogen-bond donors (Lipinski definition) is 3. The summed E-state index contributed by atoms with van der Waals surface area (Å²) in [5, 5.41) is 9.98. The molecular weight excluding hydrogens is 668 g/mol. The predicted octanol–water partition coefficient (Wildman–Crippen LogP) is 6.91. The third-order valence-corrected chi connectivity index (χ3v) is 9.83. The van der Waals surface area contributed by atoms with Gasteiger partial charge < -0.3 is 25.4 Å². The zero-order chi connectivity index (χ0) is 34.5. The third kappa shape index (κ3) is 7.98. The first kappa shape index (κ1) is 34.6. The molecule has 256 valence electrons. The van der Waals surface area contributed by atoms with Gasteiger partial charge in [0, 0.05) is 71.4 Å². The minimum Gasteiger partial charge on any atom is -0.481 e. The van der Waals surface area contributed by atoms with E-state index in [1.807, 2.05) is 36.4 Å². The lowest BCUT2D eigenvalue weighted by atomic mass is 9.97. The van der Waals surface area contributed by atoms with Crippen molar-refractivity contribution in [1.82, 2.24) is 25.9 Å². The Hall–Kier alpha value is -4.25. The molecule has 2 aliphatic heterocycles. The molecule has 0 bridgehead atoms. The van der Waals surface area contributed by atoms with Crippen LogP contribution in [0.15, 0.2) is 54.6 Å². The summed E-state index contributed by atoms with van der Waals surface area (Å²) in [5.74, 6) is 0.585. The van der Waals surface area contributed by atoms with Crippen LogP contribution in [0.2, 0.25) is 10.0 Å². The predicted molar refractivity (Wildman–Crippen MR) is 188 cm³/mol. The number of aryl methyl sites for hydroxylation is 1. The van der Waals surface area contributed by atoms with E-state index in [-0.39, 0.29) is 23.9 Å². The summed E-state index contributed by atoms with van der Waals surface area (Å²) in [4.78, 5) is 32.5. The molecule has 6 rings (SSSR count). The van der Waals surface area contributed by atoms with E-state index in [1.165, 1.54) is 12.1 Å². The fraction of sp³-hybridized carbons (Fsp3) is 0.351. The second kappa shape index (κ2) is 15.5. The van der Waals surface area contributed by atoms with Crippen LogP contribution in [0.1, 0.15) is 49.7 Å². The Labute approximate surface area is 294 Å². The van der Waals surface area contributed by atoms with Crippen molar-refractivity contribution in [3.05, 3.63) is 81.6 Å². The van der Waals surface area contributed by atoms with E-state index in [0.29, 0.717) is 81.4 Å². The molecule has 2 atom stereocenters. The van der Waals surface area contributed by atoms with Gasteiger partial charge in [-0.2, -0.15) is 0 Å². The first-order chi connectivity index (χ1) is 23.7. The number of benzene rings is 2. The molecule has 0 radical (unpaired) electrons. The van der Waals surface area contributed by atoms with Crippen molar-refractivity contribution < 1.29 is 23.5 Å². The Balaban J connectivity index is 1.23. The molecule has 2 saturated heterocycles. The van der Waals surface area contributed by atoms with Crippen LogP contribution >= 0.6 is 23.2 Å². The number of nitrogens with one attached hydrogen (secondary N) is 3. The molecule has 2 aromatic carbocycles. The second-order valence-corrected chi connectivity index (χ2v) is 13.1. The van der Waals surface area contributed by atoms with Gasteiger partial charge in [-0.3, -0.25) is 9.59 Å². The number of amides is 2. The van der Waals surface area contributed by atoms with Crippen LogP contribution < -0.4 is 25.4 Å². The average Bonchev–Trinajstić information content (AvgIpc) is 3.72. The van der Waals surface area contributed by atoms with Gasteiger partial charge in [0.2, 0.25) is 23.6 Å². The van der Waals surface area contributed by atoms with Gasteiger partial charge in [0.25, 0.3) is 0 Å². The van der Waals surface area contributed by atoms with Crippen molar-refractivity contribution in [2.75, 3.05) is 20.8 Å². The van der Waals surface area contributed by atoms with Crippen molar-refractivity contribution >= 4 is 35.0 Å². The van der Waals surface area contributed by atoms with Gasteiger partial charge in [-0.05, 0) is 56.4 Å². The first-order valence-corrected chi connectivity index (χ1v) is 17.2. The highest BCUT2D eigenvalue weighted by atomic mass is 35.5. The van der Waals surface area contributed by atoms with E-state index in [2.05, 4.69) is 16.0 Å². The van der Waals surface area contributed by atoms with Crippen LogP contribution in [0, 0.1) is 5.82 Å². The van der Waals surface area contributed by atoms with E-state index in [0.717, 1.165) is 43.2 Å². The zero-order valence-electron chi connectivity index (χ0n) is 27.4. The molecule has 0 spiro atoms. The maximum Gasteiger partial charge on any atom is 0.220 e. The number of rotatable bonds is 13. The molecule has 2 aromatic heterocycles. The minimum absolute atomic E-state index is 0.0797. The highest BCUT2D eigenvalue weighted by Crippen LogP contribution is 2.43. The number of hydrogen-bond acceptors (Lipinski definition) is 7. The normalized spacial score (nSPS) is 17.2. The van der Waals surface area contributed by atoms with Gasteiger partial charge in [0.15, 0.2) is 0 Å². The topological polar surface area (TPSA) is 114 Å². The number of carbonyl (C=O) groups is 2. The zero-order valence-corrected chi connectivity index (χ0v) is 28.9. The van der Waals surface area contributed by atoms with Gasteiger partial charge in [0.1, 0.15) is 5.82 Å². The van der Waals surface area contributed by atoms with Crippen molar-refractivity contribution in [3.63, 3.8) is 0 Å². The molecule has 2 fully saturated rings. The van der Waals surface area contributed by atoms with Crippen LogP contribution in [0.4, 0.5) is 4.39 Å². The molecule has 9 nitrogen and oxygen atoms in total. The third-order valence-electron chi connectivity index (χ3n) is 9.02. The molecule has 0 saturated carbocycles. The monoisotopic (exact) mass is 705 g/mol. The Bertz CT molecular complexity index is 1870. The summed E-state index contributed by atoms with van der Waals surface area (Å²) < 4.78 is 26.5. The SMILES string of the molecule is COc1nc(-c2cc(F)cc(-c3cccc(-c4ccc(CNC[C@@H]5CCC(=O)N5)c(OC)n4)c3Cl)c2Cl)ccc1CCC[C@@H]1CCC(=O)N1. The van der Waals surface area contributed by atoms with Crippen LogP contribution in [-0.4, -0.2) is 54.6 Å². The molecule has 49 heavy (non-hydrogen) atoms. The van der Waals surface area contributed by atoms with E-state index < -0.39 is 5.82 Å². The number of ether oxygens (including phenoxy) is 2. The van der Waals surface area contributed by atoms with Gasteiger partial charge >= 0.3 is 0 Å². The average molecular weight is 707 g/mol. The largest absolute Gasteiger partial charge is 0.481 e. The smallest absolute Gasteiger partial charge is 0.220 e. The summed E-state index contributed by atoms with van der Waals surface area (Å²) in [5.41, 5.74) is 4.83. The summed E-state index contributed by atoms with van der Waals surface area (Å²) in [6.45, 7) is 1.16. The number of methoxy groups -OCH3 is 2. The standard InChI is InChI=1S/C37H38Cl2FN5O4/c1-48-36-21(5-3-6-24-11-15-32(46)42-24)9-13-31(45-36)29-18-23(40)17-28(35(29)39)26-7-4-8-27(34(26)38)30-14-10-22(37(44-30)49-2)19-41-20-25-12-16-33(47)43-25/h4,7-10,13-14,17-18,24-25,41H,3,5-6,11-12,15-16,19-20H2,1-2H3,(H,42,46)(H,43,47)/t24-,25+/m1/s1. The van der Waals surface area contributed by atoms with Crippen LogP contribution in [0.3, 0.4) is 0 Å². The molecule has 3 N–H and O–H groups in total. The van der Waals surface area contributed by atoms with Crippen molar-refractivity contribution in [1.29, 1.82) is 0 Å². The molecule has 4 heterocycles. The minimum atomic E-state index is -0.492. The highest BCUT2D eigenvalue weighted by molar-refractivity contribution is 6.39. The second-order valence-electron chi connectivity index (χ2n) is 12.3. The van der Waals surface area contributed by atoms with Crippen LogP contribution in [0.25, 0.3) is 33.6 Å². The maximum absolute atomic E-state index is 15.3. The van der Waals surface area contributed by atoms with Gasteiger partial charge in [-0.15, -0.1) is 0 Å². The molecule has 0 unspecified atom stereocenters. The summed E-state index contributed by atoms with van der Waals surface area (Å²) >= 11 is 14.0. The van der Waals surface area contributed by atoms with E-state index in [1.54, 1.807) is 20.3 Å². The maximum atomic E-state index is 15.3. The number of halogens is 3. The van der Waals surface area contributed by atoms with E-state index in [9.17, 15) is 9.59 Å². The fourth-order valence-electron chi connectivity index (χ4n) is 6.47. The summed E-state index contributed by atoms with van der Waals surface area (Å²) in [6.07, 6.45) is 5.27. The Morgan fingerprint density at radius 3 is 2.06 bits per heavy atom. The lowest BCUT2D eigenvalue weighted by molar-refractivity contribution is -0.120. The van der Waals surface area contributed by atoms with E-state index >= 15 is 4.39 Å². The number of aromatic nitrogens is 2. The lowest BCUT2D eigenvalue weighted by Gasteiger charge is -2.16. The van der Waals surface area contributed by atoms with Gasteiger partial charge in [0.05, 0.1) is 35.7 Å². The first-order valence-electron chi connectivity index (χ1n) is 16.4. The molecule has 4 aromatic rings. The summed E-state index contributed by atoms with van der Waals surface area (Å²) in [6, 6.07) is 16.0. The van der Waals surface area contributed by atoms with Gasteiger partial charge in [-0.25, -0.2) is 14.4 Å².